The van der Waals surface area contributed by atoms with E-state index < -0.39 is 0 Å². The van der Waals surface area contributed by atoms with E-state index in [1.54, 1.807) is 47.9 Å². The first-order valence-corrected chi connectivity index (χ1v) is 9.74. The SMILES string of the molecule is COc1ccc(NC(=O)CCc2c(C)nn(-c3ccc4nncn4n3)c2C)c(OC)c1. The van der Waals surface area contributed by atoms with Crippen LogP contribution in [-0.4, -0.2) is 49.7 Å². The van der Waals surface area contributed by atoms with Crippen molar-refractivity contribution in [3.8, 4) is 17.3 Å². The molecule has 0 fully saturated rings. The second kappa shape index (κ2) is 8.42. The van der Waals surface area contributed by atoms with Crippen molar-refractivity contribution in [3.63, 3.8) is 0 Å². The van der Waals surface area contributed by atoms with E-state index in [1.165, 1.54) is 0 Å². The van der Waals surface area contributed by atoms with Gasteiger partial charge >= 0.3 is 0 Å². The Balaban J connectivity index is 1.48. The van der Waals surface area contributed by atoms with E-state index in [9.17, 15) is 4.79 Å². The smallest absolute Gasteiger partial charge is 0.224 e. The van der Waals surface area contributed by atoms with Crippen LogP contribution in [0.4, 0.5) is 5.69 Å². The van der Waals surface area contributed by atoms with Crippen LogP contribution in [0, 0.1) is 13.8 Å². The number of benzene rings is 1. The molecule has 31 heavy (non-hydrogen) atoms. The topological polar surface area (TPSA) is 108 Å². The molecule has 3 aromatic heterocycles. The highest BCUT2D eigenvalue weighted by molar-refractivity contribution is 5.92. The predicted octanol–water partition coefficient (Wildman–Crippen LogP) is 2.52. The van der Waals surface area contributed by atoms with E-state index >= 15 is 0 Å². The summed E-state index contributed by atoms with van der Waals surface area (Å²) >= 11 is 0. The molecule has 160 valence electrons. The molecule has 0 unspecified atom stereocenters. The number of fused-ring (bicyclic) bond motifs is 1. The van der Waals surface area contributed by atoms with Gasteiger partial charge in [-0.05, 0) is 50.1 Å². The average molecular weight is 421 g/mol. The third kappa shape index (κ3) is 4.04. The third-order valence-corrected chi connectivity index (χ3v) is 5.09. The molecule has 3 heterocycles. The minimum Gasteiger partial charge on any atom is -0.497 e. The largest absolute Gasteiger partial charge is 0.497 e. The summed E-state index contributed by atoms with van der Waals surface area (Å²) in [5.74, 6) is 1.75. The Morgan fingerprint density at radius 2 is 1.94 bits per heavy atom. The lowest BCUT2D eigenvalue weighted by atomic mass is 10.1. The number of hydrogen-bond donors (Lipinski definition) is 1. The number of aryl methyl sites for hydroxylation is 1. The van der Waals surface area contributed by atoms with Gasteiger partial charge in [-0.25, -0.2) is 4.68 Å². The fraction of sp³-hybridized carbons (Fsp3) is 0.286. The molecule has 4 aromatic rings. The van der Waals surface area contributed by atoms with Gasteiger partial charge in [0.2, 0.25) is 5.91 Å². The van der Waals surface area contributed by atoms with E-state index in [2.05, 4.69) is 25.7 Å². The summed E-state index contributed by atoms with van der Waals surface area (Å²) in [6, 6.07) is 8.94. The van der Waals surface area contributed by atoms with Gasteiger partial charge in [0.05, 0.1) is 25.6 Å². The average Bonchev–Trinajstić information content (AvgIpc) is 3.36. The van der Waals surface area contributed by atoms with Crippen molar-refractivity contribution in [2.45, 2.75) is 26.7 Å². The van der Waals surface area contributed by atoms with Crippen LogP contribution in [-0.2, 0) is 11.2 Å². The van der Waals surface area contributed by atoms with E-state index in [1.807, 2.05) is 26.0 Å². The minimum absolute atomic E-state index is 0.112. The Labute approximate surface area is 178 Å². The van der Waals surface area contributed by atoms with Gasteiger partial charge in [0.15, 0.2) is 11.5 Å². The lowest BCUT2D eigenvalue weighted by Crippen LogP contribution is -2.13. The fourth-order valence-electron chi connectivity index (χ4n) is 3.44. The lowest BCUT2D eigenvalue weighted by molar-refractivity contribution is -0.116. The molecule has 0 aliphatic heterocycles. The van der Waals surface area contributed by atoms with Gasteiger partial charge in [0.25, 0.3) is 0 Å². The number of carbonyl (C=O) groups is 1. The van der Waals surface area contributed by atoms with Gasteiger partial charge in [0.1, 0.15) is 17.8 Å². The molecular weight excluding hydrogens is 398 g/mol. The molecule has 0 aliphatic rings. The zero-order chi connectivity index (χ0) is 22.0. The molecule has 0 bridgehead atoms. The number of ether oxygens (including phenoxy) is 2. The molecule has 1 amide bonds. The molecule has 10 heteroatoms. The summed E-state index contributed by atoms with van der Waals surface area (Å²) in [7, 11) is 3.13. The van der Waals surface area contributed by atoms with Crippen LogP contribution in [0.1, 0.15) is 23.4 Å². The Hall–Kier alpha value is -3.95. The van der Waals surface area contributed by atoms with E-state index in [4.69, 9.17) is 9.47 Å². The number of amides is 1. The molecule has 1 aromatic carbocycles. The van der Waals surface area contributed by atoms with Gasteiger partial charge in [0, 0.05) is 18.2 Å². The van der Waals surface area contributed by atoms with Crippen LogP contribution in [0.3, 0.4) is 0 Å². The van der Waals surface area contributed by atoms with Crippen LogP contribution in [0.5, 0.6) is 11.5 Å². The molecule has 0 spiro atoms. The number of carbonyl (C=O) groups excluding carboxylic acids is 1. The normalized spacial score (nSPS) is 11.0. The summed E-state index contributed by atoms with van der Waals surface area (Å²) < 4.78 is 13.9. The number of hydrogen-bond acceptors (Lipinski definition) is 7. The maximum atomic E-state index is 12.6. The van der Waals surface area contributed by atoms with E-state index in [-0.39, 0.29) is 5.91 Å². The summed E-state index contributed by atoms with van der Waals surface area (Å²) in [4.78, 5) is 12.6. The maximum absolute atomic E-state index is 12.6. The Morgan fingerprint density at radius 3 is 2.71 bits per heavy atom. The van der Waals surface area contributed by atoms with E-state index in [0.29, 0.717) is 41.5 Å². The Kier molecular flexibility index (Phi) is 5.52. The molecule has 10 nitrogen and oxygen atoms in total. The van der Waals surface area contributed by atoms with Gasteiger partial charge in [-0.15, -0.1) is 15.3 Å². The standard InChI is InChI=1S/C21H23N7O3/c1-13-16(6-10-21(29)23-17-7-5-15(30-3)11-18(17)31-4)14(2)28(25-13)20-9-8-19-24-22-12-27(19)26-20/h5,7-9,11-12H,6,10H2,1-4H3,(H,23,29). The zero-order valence-electron chi connectivity index (χ0n) is 17.8. The van der Waals surface area contributed by atoms with Gasteiger partial charge < -0.3 is 14.8 Å². The number of nitrogens with zero attached hydrogens (tertiary/aromatic N) is 6. The van der Waals surface area contributed by atoms with Crippen LogP contribution in [0.2, 0.25) is 0 Å². The van der Waals surface area contributed by atoms with Crippen molar-refractivity contribution in [3.05, 3.63) is 53.6 Å². The highest BCUT2D eigenvalue weighted by atomic mass is 16.5. The van der Waals surface area contributed by atoms with Crippen LogP contribution < -0.4 is 14.8 Å². The second-order valence-corrected chi connectivity index (χ2v) is 7.00. The van der Waals surface area contributed by atoms with E-state index in [0.717, 1.165) is 17.0 Å². The molecular formula is C21H23N7O3. The van der Waals surface area contributed by atoms with Crippen molar-refractivity contribution < 1.29 is 14.3 Å². The fourth-order valence-corrected chi connectivity index (χ4v) is 3.44. The van der Waals surface area contributed by atoms with Crippen molar-refractivity contribution in [2.75, 3.05) is 19.5 Å². The molecule has 1 N–H and O–H groups in total. The maximum Gasteiger partial charge on any atom is 0.224 e. The first kappa shape index (κ1) is 20.3. The monoisotopic (exact) mass is 421 g/mol. The molecule has 4 rings (SSSR count). The number of nitrogens with one attached hydrogen (secondary N) is 1. The summed E-state index contributed by atoms with van der Waals surface area (Å²) in [6.45, 7) is 3.90. The second-order valence-electron chi connectivity index (χ2n) is 7.00. The molecule has 0 radical (unpaired) electrons. The predicted molar refractivity (Wildman–Crippen MR) is 114 cm³/mol. The highest BCUT2D eigenvalue weighted by Gasteiger charge is 2.16. The number of anilines is 1. The number of aromatic nitrogens is 6. The van der Waals surface area contributed by atoms with Crippen molar-refractivity contribution in [2.24, 2.45) is 0 Å². The summed E-state index contributed by atoms with van der Waals surface area (Å²) in [5.41, 5.74) is 4.08. The van der Waals surface area contributed by atoms with Crippen molar-refractivity contribution in [1.29, 1.82) is 0 Å². The number of methoxy groups -OCH3 is 2. The molecule has 0 aliphatic carbocycles. The van der Waals surface area contributed by atoms with Gasteiger partial charge in [-0.3, -0.25) is 4.79 Å². The van der Waals surface area contributed by atoms with Crippen molar-refractivity contribution in [1.82, 2.24) is 29.6 Å². The first-order valence-electron chi connectivity index (χ1n) is 9.74. The highest BCUT2D eigenvalue weighted by Crippen LogP contribution is 2.29. The quantitative estimate of drug-likeness (QED) is 0.488. The zero-order valence-corrected chi connectivity index (χ0v) is 17.8. The molecule has 0 saturated heterocycles. The van der Waals surface area contributed by atoms with Crippen LogP contribution in [0.25, 0.3) is 11.5 Å². The first-order chi connectivity index (χ1) is 15.0. The molecule has 0 atom stereocenters. The third-order valence-electron chi connectivity index (χ3n) is 5.09. The van der Waals surface area contributed by atoms with Crippen LogP contribution in [0.15, 0.2) is 36.7 Å². The Bertz CT molecular complexity index is 1250. The number of rotatable bonds is 7. The van der Waals surface area contributed by atoms with Crippen molar-refractivity contribution >= 4 is 17.2 Å². The van der Waals surface area contributed by atoms with Gasteiger partial charge in [-0.2, -0.15) is 9.61 Å². The molecule has 0 saturated carbocycles. The minimum atomic E-state index is -0.112. The Morgan fingerprint density at radius 1 is 1.10 bits per heavy atom. The van der Waals surface area contributed by atoms with Crippen LogP contribution >= 0.6 is 0 Å². The van der Waals surface area contributed by atoms with Gasteiger partial charge in [-0.1, -0.05) is 0 Å². The summed E-state index contributed by atoms with van der Waals surface area (Å²) in [6.07, 6.45) is 2.40. The summed E-state index contributed by atoms with van der Waals surface area (Å²) in [5, 5.41) is 19.8. The lowest BCUT2D eigenvalue weighted by Gasteiger charge is -2.11.